The fourth-order valence-electron chi connectivity index (χ4n) is 6.02. The van der Waals surface area contributed by atoms with Gasteiger partial charge in [-0.1, -0.05) is 61.9 Å². The second-order valence-electron chi connectivity index (χ2n) is 12.3. The Morgan fingerprint density at radius 3 is 2.44 bits per heavy atom. The Hall–Kier alpha value is -3.24. The van der Waals surface area contributed by atoms with Crippen LogP contribution >= 0.6 is 0 Å². The topological polar surface area (TPSA) is 88.2 Å². The van der Waals surface area contributed by atoms with E-state index in [9.17, 15) is 13.2 Å². The second kappa shape index (κ2) is 13.6. The third-order valence-electron chi connectivity index (χ3n) is 8.18. The molecule has 3 aromatic rings. The van der Waals surface area contributed by atoms with Crippen molar-refractivity contribution in [2.24, 2.45) is 5.92 Å². The SMILES string of the molecule is Cc1ccc(S(=O)(=O)N2CC3(CCCN(CC(=O)Nc4ccc(OCc5ccccc5)cc4)C3)OC[C@@H]2CC(C)C)cc1. The minimum Gasteiger partial charge on any atom is -0.489 e. The van der Waals surface area contributed by atoms with E-state index < -0.39 is 15.6 Å². The molecule has 0 aromatic heterocycles. The highest BCUT2D eigenvalue weighted by molar-refractivity contribution is 7.89. The van der Waals surface area contributed by atoms with Crippen LogP contribution in [0.1, 0.15) is 44.2 Å². The number of ether oxygens (including phenoxy) is 2. The minimum atomic E-state index is -3.71. The Morgan fingerprint density at radius 2 is 1.74 bits per heavy atom. The van der Waals surface area contributed by atoms with Crippen LogP contribution in [0.2, 0.25) is 0 Å². The van der Waals surface area contributed by atoms with Gasteiger partial charge in [-0.15, -0.1) is 0 Å². The highest BCUT2D eigenvalue weighted by atomic mass is 32.2. The normalized spacial score (nSPS) is 21.6. The maximum Gasteiger partial charge on any atom is 0.243 e. The predicted octanol–water partition coefficient (Wildman–Crippen LogP) is 5.48. The Kier molecular flexibility index (Phi) is 9.86. The summed E-state index contributed by atoms with van der Waals surface area (Å²) in [5.41, 5.74) is 2.16. The lowest BCUT2D eigenvalue weighted by Gasteiger charge is -2.50. The van der Waals surface area contributed by atoms with Gasteiger partial charge in [-0.2, -0.15) is 4.31 Å². The Labute approximate surface area is 256 Å². The number of carbonyl (C=O) groups is 1. The van der Waals surface area contributed by atoms with E-state index in [1.807, 2.05) is 73.7 Å². The number of morpholine rings is 1. The molecule has 0 radical (unpaired) electrons. The van der Waals surface area contributed by atoms with E-state index in [-0.39, 0.29) is 25.0 Å². The van der Waals surface area contributed by atoms with Crippen molar-refractivity contribution < 1.29 is 22.7 Å². The van der Waals surface area contributed by atoms with Crippen molar-refractivity contribution in [1.82, 2.24) is 9.21 Å². The molecule has 230 valence electrons. The van der Waals surface area contributed by atoms with E-state index in [4.69, 9.17) is 9.47 Å². The first-order valence-electron chi connectivity index (χ1n) is 15.1. The van der Waals surface area contributed by atoms with Crippen LogP contribution in [-0.2, 0) is 26.2 Å². The van der Waals surface area contributed by atoms with Crippen molar-refractivity contribution in [3.63, 3.8) is 0 Å². The number of sulfonamides is 1. The highest BCUT2D eigenvalue weighted by Gasteiger charge is 2.47. The van der Waals surface area contributed by atoms with Crippen molar-refractivity contribution in [2.75, 3.05) is 38.1 Å². The van der Waals surface area contributed by atoms with E-state index in [0.29, 0.717) is 36.3 Å². The molecule has 1 unspecified atom stereocenters. The van der Waals surface area contributed by atoms with Crippen LogP contribution in [0.25, 0.3) is 0 Å². The maximum atomic E-state index is 13.9. The average molecular weight is 606 g/mol. The fraction of sp³-hybridized carbons (Fsp3) is 0.441. The van der Waals surface area contributed by atoms with E-state index in [1.165, 1.54) is 0 Å². The molecule has 1 amide bonds. The molecular weight excluding hydrogens is 562 g/mol. The smallest absolute Gasteiger partial charge is 0.243 e. The highest BCUT2D eigenvalue weighted by Crippen LogP contribution is 2.35. The van der Waals surface area contributed by atoms with E-state index in [0.717, 1.165) is 42.7 Å². The predicted molar refractivity (Wildman–Crippen MR) is 169 cm³/mol. The summed E-state index contributed by atoms with van der Waals surface area (Å²) in [5, 5.41) is 2.99. The van der Waals surface area contributed by atoms with Gasteiger partial charge in [0, 0.05) is 24.8 Å². The standard InChI is InChI=1S/C34H43N3O5S/c1-26(2)20-30-23-42-34(25-37(30)43(39,40)32-16-10-27(3)11-17-32)18-7-19-36(24-34)21-33(38)35-29-12-14-31(15-13-29)41-22-28-8-5-4-6-9-28/h4-6,8-17,26,30H,7,18-25H2,1-3H3,(H,35,38)/t30-,34?/m0/s1. The number of anilines is 1. The van der Waals surface area contributed by atoms with E-state index in [1.54, 1.807) is 16.4 Å². The number of hydrogen-bond donors (Lipinski definition) is 1. The van der Waals surface area contributed by atoms with Gasteiger partial charge in [-0.05, 0) is 80.6 Å². The quantitative estimate of drug-likeness (QED) is 0.329. The minimum absolute atomic E-state index is 0.118. The zero-order valence-corrected chi connectivity index (χ0v) is 26.2. The summed E-state index contributed by atoms with van der Waals surface area (Å²) < 4.78 is 41.8. The molecule has 1 spiro atoms. The molecular formula is C34H43N3O5S. The molecule has 8 nitrogen and oxygen atoms in total. The summed E-state index contributed by atoms with van der Waals surface area (Å²) in [6.07, 6.45) is 2.31. The third kappa shape index (κ3) is 8.03. The van der Waals surface area contributed by atoms with Crippen LogP contribution in [0.15, 0.2) is 83.8 Å². The monoisotopic (exact) mass is 605 g/mol. The van der Waals surface area contributed by atoms with Crippen LogP contribution in [0.3, 0.4) is 0 Å². The zero-order valence-electron chi connectivity index (χ0n) is 25.4. The molecule has 3 aromatic carbocycles. The van der Waals surface area contributed by atoms with Crippen LogP contribution in [0, 0.1) is 12.8 Å². The largest absolute Gasteiger partial charge is 0.489 e. The van der Waals surface area contributed by atoms with Gasteiger partial charge in [0.15, 0.2) is 0 Å². The number of likely N-dealkylation sites (tertiary alicyclic amines) is 1. The number of rotatable bonds is 10. The van der Waals surface area contributed by atoms with Gasteiger partial charge < -0.3 is 14.8 Å². The Bertz CT molecular complexity index is 1460. The van der Waals surface area contributed by atoms with Crippen LogP contribution in [0.5, 0.6) is 5.75 Å². The average Bonchev–Trinajstić information content (AvgIpc) is 2.98. The first kappa shape index (κ1) is 31.2. The van der Waals surface area contributed by atoms with Crippen molar-refractivity contribution in [1.29, 1.82) is 0 Å². The van der Waals surface area contributed by atoms with Crippen LogP contribution < -0.4 is 10.1 Å². The van der Waals surface area contributed by atoms with Crippen molar-refractivity contribution >= 4 is 21.6 Å². The van der Waals surface area contributed by atoms with Gasteiger partial charge in [0.2, 0.25) is 15.9 Å². The molecule has 2 heterocycles. The van der Waals surface area contributed by atoms with Gasteiger partial charge in [0.1, 0.15) is 12.4 Å². The lowest BCUT2D eigenvalue weighted by atomic mass is 9.89. The first-order chi connectivity index (χ1) is 20.6. The van der Waals surface area contributed by atoms with Gasteiger partial charge in [0.05, 0.1) is 23.6 Å². The van der Waals surface area contributed by atoms with Gasteiger partial charge in [-0.3, -0.25) is 9.69 Å². The Morgan fingerprint density at radius 1 is 1.02 bits per heavy atom. The molecule has 2 atom stereocenters. The molecule has 0 saturated carbocycles. The number of aryl methyl sites for hydroxylation is 1. The number of piperidine rings is 1. The summed E-state index contributed by atoms with van der Waals surface area (Å²) in [4.78, 5) is 15.4. The number of amides is 1. The molecule has 2 saturated heterocycles. The van der Waals surface area contributed by atoms with E-state index >= 15 is 0 Å². The number of nitrogens with one attached hydrogen (secondary N) is 1. The number of nitrogens with zero attached hydrogens (tertiary/aromatic N) is 2. The Balaban J connectivity index is 1.21. The van der Waals surface area contributed by atoms with E-state index in [2.05, 4.69) is 24.1 Å². The number of carbonyl (C=O) groups excluding carboxylic acids is 1. The van der Waals surface area contributed by atoms with Gasteiger partial charge >= 0.3 is 0 Å². The van der Waals surface area contributed by atoms with Gasteiger partial charge in [0.25, 0.3) is 0 Å². The molecule has 43 heavy (non-hydrogen) atoms. The number of benzene rings is 3. The maximum absolute atomic E-state index is 13.9. The molecule has 9 heteroatoms. The summed E-state index contributed by atoms with van der Waals surface area (Å²) in [6, 6.07) is 24.2. The number of hydrogen-bond acceptors (Lipinski definition) is 6. The van der Waals surface area contributed by atoms with Crippen molar-refractivity contribution in [3.8, 4) is 5.75 Å². The molecule has 2 aliphatic heterocycles. The third-order valence-corrected chi connectivity index (χ3v) is 10.1. The fourth-order valence-corrected chi connectivity index (χ4v) is 7.72. The molecule has 1 N–H and O–H groups in total. The zero-order chi connectivity index (χ0) is 30.5. The first-order valence-corrected chi connectivity index (χ1v) is 16.6. The molecule has 2 aliphatic rings. The molecule has 2 fully saturated rings. The lowest BCUT2D eigenvalue weighted by Crippen LogP contribution is -2.64. The van der Waals surface area contributed by atoms with Crippen molar-refractivity contribution in [2.45, 2.75) is 63.2 Å². The van der Waals surface area contributed by atoms with Gasteiger partial charge in [-0.25, -0.2) is 8.42 Å². The summed E-state index contributed by atoms with van der Waals surface area (Å²) in [5.74, 6) is 0.942. The summed E-state index contributed by atoms with van der Waals surface area (Å²) in [6.45, 7) is 8.73. The van der Waals surface area contributed by atoms with Crippen molar-refractivity contribution in [3.05, 3.63) is 90.0 Å². The molecule has 5 rings (SSSR count). The summed E-state index contributed by atoms with van der Waals surface area (Å²) >= 11 is 0. The van der Waals surface area contributed by atoms with Crippen LogP contribution in [0.4, 0.5) is 5.69 Å². The summed E-state index contributed by atoms with van der Waals surface area (Å²) in [7, 11) is -3.71. The second-order valence-corrected chi connectivity index (χ2v) is 14.2. The molecule has 0 aliphatic carbocycles. The molecule has 0 bridgehead atoms. The van der Waals surface area contributed by atoms with Crippen LogP contribution in [-0.4, -0.2) is 68.0 Å². The lowest BCUT2D eigenvalue weighted by molar-refractivity contribution is -0.146.